The van der Waals surface area contributed by atoms with Gasteiger partial charge in [0.2, 0.25) is 5.91 Å². The van der Waals surface area contributed by atoms with Crippen molar-refractivity contribution in [2.75, 3.05) is 5.32 Å². The molecule has 0 saturated carbocycles. The zero-order valence-corrected chi connectivity index (χ0v) is 7.89. The Labute approximate surface area is 85.3 Å². The molecule has 1 atom stereocenters. The standard InChI is InChI=1S/C10H10F2N2O/c11-6-3-5-1-2-8(13)10(15)14-9(5)7(12)4-6/h3-4,8H,1-2,13H2,(H,14,15)/t8-/m0/s1. The maximum Gasteiger partial charge on any atom is 0.241 e. The van der Waals surface area contributed by atoms with E-state index >= 15 is 0 Å². The topological polar surface area (TPSA) is 55.1 Å². The first kappa shape index (κ1) is 10.0. The van der Waals surface area contributed by atoms with Gasteiger partial charge in [-0.05, 0) is 24.5 Å². The number of benzene rings is 1. The molecule has 80 valence electrons. The third-order valence-corrected chi connectivity index (χ3v) is 2.45. The van der Waals surface area contributed by atoms with Gasteiger partial charge in [0.25, 0.3) is 0 Å². The van der Waals surface area contributed by atoms with Crippen LogP contribution in [0, 0.1) is 11.6 Å². The molecule has 0 saturated heterocycles. The molecule has 0 spiro atoms. The molecule has 0 fully saturated rings. The summed E-state index contributed by atoms with van der Waals surface area (Å²) in [4.78, 5) is 11.3. The zero-order valence-electron chi connectivity index (χ0n) is 7.89. The molecule has 1 aliphatic heterocycles. The largest absolute Gasteiger partial charge is 0.322 e. The van der Waals surface area contributed by atoms with E-state index in [9.17, 15) is 13.6 Å². The van der Waals surface area contributed by atoms with Gasteiger partial charge in [0.15, 0.2) is 0 Å². The number of hydrogen-bond acceptors (Lipinski definition) is 2. The molecule has 1 amide bonds. The van der Waals surface area contributed by atoms with Crippen LogP contribution in [-0.2, 0) is 11.2 Å². The molecule has 3 nitrogen and oxygen atoms in total. The lowest BCUT2D eigenvalue weighted by molar-refractivity contribution is -0.117. The summed E-state index contributed by atoms with van der Waals surface area (Å²) < 4.78 is 26.2. The minimum Gasteiger partial charge on any atom is -0.322 e. The van der Waals surface area contributed by atoms with Gasteiger partial charge in [-0.1, -0.05) is 0 Å². The van der Waals surface area contributed by atoms with Crippen molar-refractivity contribution >= 4 is 11.6 Å². The molecule has 0 aliphatic carbocycles. The third-order valence-electron chi connectivity index (χ3n) is 2.45. The quantitative estimate of drug-likeness (QED) is 0.678. The molecule has 1 aromatic rings. The van der Waals surface area contributed by atoms with Crippen LogP contribution in [0.1, 0.15) is 12.0 Å². The number of carbonyl (C=O) groups excluding carboxylic acids is 1. The predicted octanol–water partition coefficient (Wildman–Crippen LogP) is 1.18. The molecule has 2 rings (SSSR count). The van der Waals surface area contributed by atoms with Gasteiger partial charge in [0.05, 0.1) is 11.7 Å². The van der Waals surface area contributed by atoms with Crippen molar-refractivity contribution in [3.63, 3.8) is 0 Å². The number of rotatable bonds is 0. The summed E-state index contributed by atoms with van der Waals surface area (Å²) in [5, 5.41) is 2.36. The number of anilines is 1. The molecular formula is C10H10F2N2O. The Kier molecular flexibility index (Phi) is 2.40. The second kappa shape index (κ2) is 3.58. The van der Waals surface area contributed by atoms with Crippen LogP contribution in [0.2, 0.25) is 0 Å². The van der Waals surface area contributed by atoms with E-state index in [1.54, 1.807) is 0 Å². The number of carbonyl (C=O) groups is 1. The maximum absolute atomic E-state index is 13.3. The lowest BCUT2D eigenvalue weighted by Gasteiger charge is -2.08. The van der Waals surface area contributed by atoms with Crippen LogP contribution in [0.4, 0.5) is 14.5 Å². The monoisotopic (exact) mass is 212 g/mol. The number of hydrogen-bond donors (Lipinski definition) is 2. The van der Waals surface area contributed by atoms with E-state index in [1.807, 2.05) is 0 Å². The summed E-state index contributed by atoms with van der Waals surface area (Å²) in [6.45, 7) is 0. The van der Waals surface area contributed by atoms with Crippen molar-refractivity contribution in [2.24, 2.45) is 5.73 Å². The average molecular weight is 212 g/mol. The van der Waals surface area contributed by atoms with Crippen molar-refractivity contribution in [3.8, 4) is 0 Å². The molecule has 0 bridgehead atoms. The molecule has 15 heavy (non-hydrogen) atoms. The van der Waals surface area contributed by atoms with Crippen LogP contribution < -0.4 is 11.1 Å². The molecule has 0 aromatic heterocycles. The molecule has 1 aliphatic rings. The van der Waals surface area contributed by atoms with Crippen LogP contribution >= 0.6 is 0 Å². The molecule has 1 heterocycles. The molecule has 0 radical (unpaired) electrons. The lowest BCUT2D eigenvalue weighted by Crippen LogP contribution is -2.34. The predicted molar refractivity (Wildman–Crippen MR) is 51.3 cm³/mol. The Morgan fingerprint density at radius 2 is 2.13 bits per heavy atom. The number of aryl methyl sites for hydroxylation is 1. The Hall–Kier alpha value is -1.49. The minimum atomic E-state index is -0.757. The Bertz CT molecular complexity index is 420. The van der Waals surface area contributed by atoms with Gasteiger partial charge in [-0.15, -0.1) is 0 Å². The van der Waals surface area contributed by atoms with Crippen molar-refractivity contribution in [1.29, 1.82) is 0 Å². The van der Waals surface area contributed by atoms with Crippen LogP contribution in [0.25, 0.3) is 0 Å². The van der Waals surface area contributed by atoms with Gasteiger partial charge in [0, 0.05) is 6.07 Å². The number of fused-ring (bicyclic) bond motifs is 1. The Morgan fingerprint density at radius 1 is 1.40 bits per heavy atom. The van der Waals surface area contributed by atoms with Crippen molar-refractivity contribution < 1.29 is 13.6 Å². The van der Waals surface area contributed by atoms with E-state index < -0.39 is 23.6 Å². The fourth-order valence-electron chi connectivity index (χ4n) is 1.62. The number of amides is 1. The van der Waals surface area contributed by atoms with E-state index in [4.69, 9.17) is 5.73 Å². The Balaban J connectivity index is 2.47. The normalized spacial score (nSPS) is 20.5. The van der Waals surface area contributed by atoms with E-state index in [0.29, 0.717) is 18.4 Å². The van der Waals surface area contributed by atoms with Crippen LogP contribution in [-0.4, -0.2) is 11.9 Å². The third kappa shape index (κ3) is 1.83. The summed E-state index contributed by atoms with van der Waals surface area (Å²) in [5.74, 6) is -1.83. The average Bonchev–Trinajstić information content (AvgIpc) is 2.30. The molecule has 1 aromatic carbocycles. The van der Waals surface area contributed by atoms with Crippen LogP contribution in [0.3, 0.4) is 0 Å². The molecule has 0 unspecified atom stereocenters. The summed E-state index contributed by atoms with van der Waals surface area (Å²) >= 11 is 0. The fourth-order valence-corrected chi connectivity index (χ4v) is 1.62. The van der Waals surface area contributed by atoms with E-state index in [0.717, 1.165) is 6.07 Å². The van der Waals surface area contributed by atoms with Gasteiger partial charge in [-0.3, -0.25) is 4.79 Å². The van der Waals surface area contributed by atoms with Gasteiger partial charge in [0.1, 0.15) is 11.6 Å². The van der Waals surface area contributed by atoms with Crippen molar-refractivity contribution in [1.82, 2.24) is 0 Å². The fraction of sp³-hybridized carbons (Fsp3) is 0.300. The highest BCUT2D eigenvalue weighted by atomic mass is 19.1. The summed E-state index contributed by atoms with van der Waals surface area (Å²) in [7, 11) is 0. The first-order valence-corrected chi connectivity index (χ1v) is 4.62. The first-order chi connectivity index (χ1) is 7.08. The molecular weight excluding hydrogens is 202 g/mol. The van der Waals surface area contributed by atoms with Crippen molar-refractivity contribution in [3.05, 3.63) is 29.3 Å². The zero-order chi connectivity index (χ0) is 11.0. The number of nitrogens with two attached hydrogens (primary N) is 1. The SMILES string of the molecule is N[C@H]1CCc2cc(F)cc(F)c2NC1=O. The Morgan fingerprint density at radius 3 is 2.87 bits per heavy atom. The first-order valence-electron chi connectivity index (χ1n) is 4.62. The maximum atomic E-state index is 13.3. The van der Waals surface area contributed by atoms with Gasteiger partial charge in [-0.2, -0.15) is 0 Å². The molecule has 5 heteroatoms. The second-order valence-electron chi connectivity index (χ2n) is 3.56. The smallest absolute Gasteiger partial charge is 0.241 e. The highest BCUT2D eigenvalue weighted by Crippen LogP contribution is 2.25. The van der Waals surface area contributed by atoms with Crippen LogP contribution in [0.15, 0.2) is 12.1 Å². The number of nitrogens with one attached hydrogen (secondary N) is 1. The summed E-state index contributed by atoms with van der Waals surface area (Å²) in [6.07, 6.45) is 0.783. The summed E-state index contributed by atoms with van der Waals surface area (Å²) in [5.41, 5.74) is 6.02. The van der Waals surface area contributed by atoms with Crippen molar-refractivity contribution in [2.45, 2.75) is 18.9 Å². The van der Waals surface area contributed by atoms with Gasteiger partial charge < -0.3 is 11.1 Å². The lowest BCUT2D eigenvalue weighted by atomic mass is 10.1. The highest BCUT2D eigenvalue weighted by molar-refractivity contribution is 5.96. The van der Waals surface area contributed by atoms with E-state index in [-0.39, 0.29) is 5.69 Å². The van der Waals surface area contributed by atoms with Gasteiger partial charge >= 0.3 is 0 Å². The number of halogens is 2. The van der Waals surface area contributed by atoms with E-state index in [2.05, 4.69) is 5.32 Å². The van der Waals surface area contributed by atoms with E-state index in [1.165, 1.54) is 6.07 Å². The second-order valence-corrected chi connectivity index (χ2v) is 3.56. The van der Waals surface area contributed by atoms with Crippen LogP contribution in [0.5, 0.6) is 0 Å². The van der Waals surface area contributed by atoms with Gasteiger partial charge in [-0.25, -0.2) is 8.78 Å². The molecule has 3 N–H and O–H groups in total. The minimum absolute atomic E-state index is 0.0503. The highest BCUT2D eigenvalue weighted by Gasteiger charge is 2.22. The summed E-state index contributed by atoms with van der Waals surface area (Å²) in [6, 6.07) is 1.30.